The first kappa shape index (κ1) is 12.2. The number of hydrogen-bond acceptors (Lipinski definition) is 3. The molecule has 3 rings (SSSR count). The highest BCUT2D eigenvalue weighted by Gasteiger charge is 2.23. The van der Waals surface area contributed by atoms with Gasteiger partial charge in [0.05, 0.1) is 17.9 Å². The number of nitrogens with one attached hydrogen (secondary N) is 1. The summed E-state index contributed by atoms with van der Waals surface area (Å²) in [4.78, 5) is 9.08. The van der Waals surface area contributed by atoms with Crippen LogP contribution in [0.4, 0.5) is 5.95 Å². The van der Waals surface area contributed by atoms with E-state index in [0.29, 0.717) is 6.04 Å². The fourth-order valence-electron chi connectivity index (χ4n) is 2.29. The number of anilines is 1. The van der Waals surface area contributed by atoms with Crippen LogP contribution >= 0.6 is 0 Å². The van der Waals surface area contributed by atoms with Crippen molar-refractivity contribution in [3.05, 3.63) is 41.5 Å². The third-order valence-electron chi connectivity index (χ3n) is 3.49. The molecule has 2 heterocycles. The summed E-state index contributed by atoms with van der Waals surface area (Å²) in [5.74, 6) is 0.979. The van der Waals surface area contributed by atoms with E-state index in [1.807, 2.05) is 19.2 Å². The Kier molecular flexibility index (Phi) is 3.23. The van der Waals surface area contributed by atoms with Gasteiger partial charge in [0.2, 0.25) is 5.95 Å². The lowest BCUT2D eigenvalue weighted by atomic mass is 10.1. The Labute approximate surface area is 113 Å². The fourth-order valence-corrected chi connectivity index (χ4v) is 2.29. The number of aromatic nitrogens is 3. The van der Waals surface area contributed by atoms with E-state index in [9.17, 15) is 0 Å². The van der Waals surface area contributed by atoms with E-state index in [4.69, 9.17) is 0 Å². The maximum Gasteiger partial charge on any atom is 0.203 e. The van der Waals surface area contributed by atoms with Gasteiger partial charge in [-0.1, -0.05) is 13.0 Å². The Hall–Kier alpha value is -1.84. The first-order valence-corrected chi connectivity index (χ1v) is 6.99. The van der Waals surface area contributed by atoms with Crippen LogP contribution < -0.4 is 5.32 Å². The molecule has 1 aliphatic carbocycles. The van der Waals surface area contributed by atoms with Gasteiger partial charge in [-0.05, 0) is 37.8 Å². The van der Waals surface area contributed by atoms with Gasteiger partial charge in [-0.25, -0.2) is 4.98 Å². The monoisotopic (exact) mass is 256 g/mol. The highest BCUT2D eigenvalue weighted by molar-refractivity contribution is 5.33. The van der Waals surface area contributed by atoms with Crippen molar-refractivity contribution >= 4 is 5.95 Å². The topological polar surface area (TPSA) is 42.7 Å². The second-order valence-corrected chi connectivity index (χ2v) is 5.22. The minimum atomic E-state index is 0.620. The highest BCUT2D eigenvalue weighted by atomic mass is 15.2. The zero-order chi connectivity index (χ0) is 13.2. The lowest BCUT2D eigenvalue weighted by Crippen LogP contribution is -2.11. The van der Waals surface area contributed by atoms with Crippen LogP contribution in [-0.2, 0) is 13.0 Å². The molecular formula is C15H20N4. The zero-order valence-corrected chi connectivity index (χ0v) is 11.6. The van der Waals surface area contributed by atoms with Crippen LogP contribution in [-0.4, -0.2) is 20.6 Å². The quantitative estimate of drug-likeness (QED) is 0.894. The summed E-state index contributed by atoms with van der Waals surface area (Å²) < 4.78 is 2.18. The van der Waals surface area contributed by atoms with Gasteiger partial charge in [-0.15, -0.1) is 0 Å². The van der Waals surface area contributed by atoms with Gasteiger partial charge in [-0.2, -0.15) is 0 Å². The normalized spacial score (nSPS) is 14.6. The van der Waals surface area contributed by atoms with Crippen molar-refractivity contribution in [2.45, 2.75) is 45.7 Å². The van der Waals surface area contributed by atoms with Crippen molar-refractivity contribution in [2.24, 2.45) is 0 Å². The van der Waals surface area contributed by atoms with Gasteiger partial charge in [0, 0.05) is 18.4 Å². The molecule has 1 N–H and O–H groups in total. The van der Waals surface area contributed by atoms with E-state index in [2.05, 4.69) is 39.0 Å². The van der Waals surface area contributed by atoms with E-state index in [-0.39, 0.29) is 0 Å². The van der Waals surface area contributed by atoms with Crippen molar-refractivity contribution in [3.8, 4) is 0 Å². The second-order valence-electron chi connectivity index (χ2n) is 5.22. The molecule has 2 aromatic rings. The van der Waals surface area contributed by atoms with E-state index in [1.54, 1.807) is 0 Å². The van der Waals surface area contributed by atoms with Crippen LogP contribution in [0.2, 0.25) is 0 Å². The van der Waals surface area contributed by atoms with E-state index in [1.165, 1.54) is 18.4 Å². The number of hydrogen-bond donors (Lipinski definition) is 1. The average Bonchev–Trinajstić information content (AvgIpc) is 3.15. The number of rotatable bonds is 5. The molecule has 100 valence electrons. The lowest BCUT2D eigenvalue weighted by molar-refractivity contribution is 0.761. The molecule has 1 saturated carbocycles. The van der Waals surface area contributed by atoms with Gasteiger partial charge in [-0.3, -0.25) is 4.98 Å². The fraction of sp³-hybridized carbons (Fsp3) is 0.467. The summed E-state index contributed by atoms with van der Waals surface area (Å²) in [6.45, 7) is 5.00. The highest BCUT2D eigenvalue weighted by Crippen LogP contribution is 2.24. The van der Waals surface area contributed by atoms with E-state index >= 15 is 0 Å². The first-order chi connectivity index (χ1) is 9.26. The first-order valence-electron chi connectivity index (χ1n) is 6.99. The third-order valence-corrected chi connectivity index (χ3v) is 3.49. The van der Waals surface area contributed by atoms with Crippen molar-refractivity contribution < 1.29 is 0 Å². The molecule has 0 saturated heterocycles. The van der Waals surface area contributed by atoms with Gasteiger partial charge in [0.1, 0.15) is 0 Å². The molecule has 2 aromatic heterocycles. The van der Waals surface area contributed by atoms with Crippen LogP contribution in [0.1, 0.15) is 36.7 Å². The molecule has 0 amide bonds. The van der Waals surface area contributed by atoms with Crippen molar-refractivity contribution in [2.75, 3.05) is 5.32 Å². The van der Waals surface area contributed by atoms with Crippen LogP contribution in [0.5, 0.6) is 0 Å². The summed E-state index contributed by atoms with van der Waals surface area (Å²) in [5, 5.41) is 3.49. The molecule has 0 aliphatic heterocycles. The molecule has 0 bridgehead atoms. The largest absolute Gasteiger partial charge is 0.353 e. The van der Waals surface area contributed by atoms with Gasteiger partial charge in [0.15, 0.2) is 0 Å². The van der Waals surface area contributed by atoms with Crippen molar-refractivity contribution in [3.63, 3.8) is 0 Å². The van der Waals surface area contributed by atoms with Crippen LogP contribution in [0.25, 0.3) is 0 Å². The predicted molar refractivity (Wildman–Crippen MR) is 76.3 cm³/mol. The van der Waals surface area contributed by atoms with Crippen LogP contribution in [0.15, 0.2) is 24.5 Å². The summed E-state index contributed by atoms with van der Waals surface area (Å²) in [5.41, 5.74) is 3.50. The SMILES string of the molecule is CCc1cccnc1Cn1cc(C)nc1NC1CC1. The van der Waals surface area contributed by atoms with E-state index < -0.39 is 0 Å². The third kappa shape index (κ3) is 2.78. The molecule has 4 heteroatoms. The standard InChI is InChI=1S/C15H20N4/c1-3-12-5-4-8-16-14(12)10-19-9-11(2)17-15(19)18-13-6-7-13/h4-5,8-9,13H,3,6-7,10H2,1-2H3,(H,17,18). The van der Waals surface area contributed by atoms with Gasteiger partial charge in [0.25, 0.3) is 0 Å². The number of aryl methyl sites for hydroxylation is 2. The minimum absolute atomic E-state index is 0.620. The molecule has 0 spiro atoms. The molecule has 4 nitrogen and oxygen atoms in total. The molecule has 0 atom stereocenters. The molecule has 0 radical (unpaired) electrons. The molecular weight excluding hydrogens is 236 g/mol. The maximum absolute atomic E-state index is 4.57. The predicted octanol–water partition coefficient (Wildman–Crippen LogP) is 2.77. The Morgan fingerprint density at radius 3 is 3.00 bits per heavy atom. The Morgan fingerprint density at radius 1 is 1.42 bits per heavy atom. The summed E-state index contributed by atoms with van der Waals surface area (Å²) in [6.07, 6.45) is 7.50. The summed E-state index contributed by atoms with van der Waals surface area (Å²) in [7, 11) is 0. The molecule has 0 aromatic carbocycles. The van der Waals surface area contributed by atoms with Crippen LogP contribution in [0, 0.1) is 6.92 Å². The second kappa shape index (κ2) is 5.03. The van der Waals surface area contributed by atoms with Crippen molar-refractivity contribution in [1.29, 1.82) is 0 Å². The summed E-state index contributed by atoms with van der Waals surface area (Å²) in [6, 6.07) is 4.78. The zero-order valence-electron chi connectivity index (χ0n) is 11.6. The van der Waals surface area contributed by atoms with Crippen molar-refractivity contribution in [1.82, 2.24) is 14.5 Å². The molecule has 1 aliphatic rings. The Balaban J connectivity index is 1.85. The minimum Gasteiger partial charge on any atom is -0.353 e. The van der Waals surface area contributed by atoms with Gasteiger partial charge >= 0.3 is 0 Å². The number of pyridine rings is 1. The average molecular weight is 256 g/mol. The molecule has 19 heavy (non-hydrogen) atoms. The van der Waals surface area contributed by atoms with E-state index in [0.717, 1.165) is 30.3 Å². The molecule has 0 unspecified atom stereocenters. The smallest absolute Gasteiger partial charge is 0.203 e. The number of imidazole rings is 1. The van der Waals surface area contributed by atoms with Gasteiger partial charge < -0.3 is 9.88 Å². The Bertz CT molecular complexity index is 569. The summed E-state index contributed by atoms with van der Waals surface area (Å²) >= 11 is 0. The molecule has 1 fully saturated rings. The maximum atomic E-state index is 4.57. The lowest BCUT2D eigenvalue weighted by Gasteiger charge is -2.11. The Morgan fingerprint density at radius 2 is 2.26 bits per heavy atom. The number of nitrogens with zero attached hydrogens (tertiary/aromatic N) is 3. The van der Waals surface area contributed by atoms with Crippen LogP contribution in [0.3, 0.4) is 0 Å².